The molecule has 0 fully saturated rings. The van der Waals surface area contributed by atoms with Gasteiger partial charge in [0.2, 0.25) is 5.91 Å². The molecule has 0 bridgehead atoms. The number of fused-ring (bicyclic) bond motifs is 1. The Labute approximate surface area is 135 Å². The van der Waals surface area contributed by atoms with Crippen LogP contribution in [-0.4, -0.2) is 23.0 Å². The molecule has 2 N–H and O–H groups in total. The zero-order valence-corrected chi connectivity index (χ0v) is 14.0. The van der Waals surface area contributed by atoms with Gasteiger partial charge in [-0.1, -0.05) is 13.8 Å². The summed E-state index contributed by atoms with van der Waals surface area (Å²) >= 11 is 0. The Morgan fingerprint density at radius 3 is 2.48 bits per heavy atom. The van der Waals surface area contributed by atoms with Gasteiger partial charge >= 0.3 is 5.97 Å². The standard InChI is InChI=1S/C18H23NO4/c1-10(2)5-15(18(21)22)19-17(20)8-13-9-23-16-7-12(4)11(3)6-14(13)16/h6-7,9-10,15H,5,8H2,1-4H3,(H,19,20)(H,21,22)/t15-/m1/s1. The van der Waals surface area contributed by atoms with Crippen LogP contribution in [0, 0.1) is 19.8 Å². The summed E-state index contributed by atoms with van der Waals surface area (Å²) in [5.41, 5.74) is 3.77. The van der Waals surface area contributed by atoms with Gasteiger partial charge in [-0.25, -0.2) is 4.79 Å². The summed E-state index contributed by atoms with van der Waals surface area (Å²) in [6.07, 6.45) is 2.09. The number of benzene rings is 1. The predicted octanol–water partition coefficient (Wildman–Crippen LogP) is 3.21. The number of amides is 1. The van der Waals surface area contributed by atoms with Gasteiger partial charge in [-0.2, -0.15) is 0 Å². The second-order valence-corrected chi connectivity index (χ2v) is 6.46. The Kier molecular flexibility index (Phi) is 5.08. The van der Waals surface area contributed by atoms with E-state index in [0.29, 0.717) is 6.42 Å². The van der Waals surface area contributed by atoms with E-state index in [1.807, 2.05) is 39.8 Å². The number of aliphatic carboxylic acids is 1. The summed E-state index contributed by atoms with van der Waals surface area (Å²) in [7, 11) is 0. The fourth-order valence-corrected chi connectivity index (χ4v) is 2.58. The van der Waals surface area contributed by atoms with Gasteiger partial charge in [-0.15, -0.1) is 0 Å². The molecule has 5 heteroatoms. The molecule has 0 saturated carbocycles. The Hall–Kier alpha value is -2.30. The number of carboxylic acids is 1. The van der Waals surface area contributed by atoms with Gasteiger partial charge in [0.15, 0.2) is 0 Å². The first kappa shape index (κ1) is 17.1. The predicted molar refractivity (Wildman–Crippen MR) is 88.4 cm³/mol. The normalized spacial score (nSPS) is 12.6. The molecular formula is C18H23NO4. The van der Waals surface area contributed by atoms with Crippen LogP contribution in [0.4, 0.5) is 0 Å². The van der Waals surface area contributed by atoms with E-state index in [2.05, 4.69) is 5.32 Å². The molecule has 5 nitrogen and oxygen atoms in total. The smallest absolute Gasteiger partial charge is 0.326 e. The second kappa shape index (κ2) is 6.86. The molecule has 0 aliphatic rings. The van der Waals surface area contributed by atoms with Gasteiger partial charge in [0.05, 0.1) is 12.7 Å². The number of aryl methyl sites for hydroxylation is 2. The van der Waals surface area contributed by atoms with Gasteiger partial charge < -0.3 is 14.8 Å². The topological polar surface area (TPSA) is 79.5 Å². The van der Waals surface area contributed by atoms with Crippen LogP contribution in [0.5, 0.6) is 0 Å². The fraction of sp³-hybridized carbons (Fsp3) is 0.444. The fourth-order valence-electron chi connectivity index (χ4n) is 2.58. The molecule has 2 rings (SSSR count). The molecule has 0 saturated heterocycles. The number of carboxylic acid groups (broad SMARTS) is 1. The molecule has 0 unspecified atom stereocenters. The molecular weight excluding hydrogens is 294 g/mol. The Balaban J connectivity index is 2.14. The lowest BCUT2D eigenvalue weighted by Crippen LogP contribution is -2.42. The summed E-state index contributed by atoms with van der Waals surface area (Å²) in [6.45, 7) is 7.87. The molecule has 1 amide bonds. The van der Waals surface area contributed by atoms with Crippen molar-refractivity contribution in [2.24, 2.45) is 5.92 Å². The Bertz CT molecular complexity index is 730. The van der Waals surface area contributed by atoms with E-state index in [-0.39, 0.29) is 18.2 Å². The first-order valence-corrected chi connectivity index (χ1v) is 7.77. The number of furan rings is 1. The third-order valence-electron chi connectivity index (χ3n) is 3.96. The van der Waals surface area contributed by atoms with Crippen molar-refractivity contribution in [1.29, 1.82) is 0 Å². The lowest BCUT2D eigenvalue weighted by Gasteiger charge is -2.16. The van der Waals surface area contributed by atoms with E-state index < -0.39 is 12.0 Å². The summed E-state index contributed by atoms with van der Waals surface area (Å²) in [5.74, 6) is -1.12. The number of carbonyl (C=O) groups excluding carboxylic acids is 1. The highest BCUT2D eigenvalue weighted by Crippen LogP contribution is 2.25. The van der Waals surface area contributed by atoms with Crippen LogP contribution >= 0.6 is 0 Å². The highest BCUT2D eigenvalue weighted by atomic mass is 16.4. The van der Waals surface area contributed by atoms with Crippen LogP contribution in [0.15, 0.2) is 22.8 Å². The van der Waals surface area contributed by atoms with Crippen LogP contribution in [0.3, 0.4) is 0 Å². The second-order valence-electron chi connectivity index (χ2n) is 6.46. The molecule has 124 valence electrons. The minimum atomic E-state index is -1.00. The molecule has 1 heterocycles. The van der Waals surface area contributed by atoms with E-state index in [4.69, 9.17) is 4.42 Å². The highest BCUT2D eigenvalue weighted by molar-refractivity contribution is 5.90. The van der Waals surface area contributed by atoms with Crippen LogP contribution in [0.2, 0.25) is 0 Å². The monoisotopic (exact) mass is 317 g/mol. The summed E-state index contributed by atoms with van der Waals surface area (Å²) in [6, 6.07) is 3.09. The van der Waals surface area contributed by atoms with Gasteiger partial charge in [0.25, 0.3) is 0 Å². The average Bonchev–Trinajstić information content (AvgIpc) is 2.80. The van der Waals surface area contributed by atoms with E-state index in [9.17, 15) is 14.7 Å². The van der Waals surface area contributed by atoms with Crippen molar-refractivity contribution in [1.82, 2.24) is 5.32 Å². The molecule has 2 aromatic rings. The van der Waals surface area contributed by atoms with Crippen LogP contribution < -0.4 is 5.32 Å². The maximum atomic E-state index is 12.2. The van der Waals surface area contributed by atoms with Crippen molar-refractivity contribution >= 4 is 22.8 Å². The molecule has 1 atom stereocenters. The first-order valence-electron chi connectivity index (χ1n) is 7.77. The van der Waals surface area contributed by atoms with Crippen molar-refractivity contribution in [2.45, 2.75) is 46.6 Å². The average molecular weight is 317 g/mol. The van der Waals surface area contributed by atoms with Gasteiger partial charge in [0, 0.05) is 10.9 Å². The minimum Gasteiger partial charge on any atom is -0.480 e. The summed E-state index contributed by atoms with van der Waals surface area (Å²) in [4.78, 5) is 23.4. The highest BCUT2D eigenvalue weighted by Gasteiger charge is 2.22. The van der Waals surface area contributed by atoms with Crippen LogP contribution in [0.1, 0.15) is 37.0 Å². The number of rotatable bonds is 6. The van der Waals surface area contributed by atoms with E-state index in [0.717, 1.165) is 27.7 Å². The molecule has 23 heavy (non-hydrogen) atoms. The zero-order chi connectivity index (χ0) is 17.1. The van der Waals surface area contributed by atoms with E-state index >= 15 is 0 Å². The van der Waals surface area contributed by atoms with Gasteiger partial charge in [-0.3, -0.25) is 4.79 Å². The Morgan fingerprint density at radius 2 is 1.87 bits per heavy atom. The van der Waals surface area contributed by atoms with Crippen molar-refractivity contribution < 1.29 is 19.1 Å². The maximum absolute atomic E-state index is 12.2. The van der Waals surface area contributed by atoms with Crippen molar-refractivity contribution in [3.05, 3.63) is 35.1 Å². The van der Waals surface area contributed by atoms with Crippen molar-refractivity contribution in [3.8, 4) is 0 Å². The Morgan fingerprint density at radius 1 is 1.22 bits per heavy atom. The largest absolute Gasteiger partial charge is 0.480 e. The molecule has 1 aromatic carbocycles. The van der Waals surface area contributed by atoms with Gasteiger partial charge in [-0.05, 0) is 49.4 Å². The number of hydrogen-bond acceptors (Lipinski definition) is 3. The zero-order valence-electron chi connectivity index (χ0n) is 14.0. The van der Waals surface area contributed by atoms with Crippen molar-refractivity contribution in [2.75, 3.05) is 0 Å². The number of carbonyl (C=O) groups is 2. The number of hydrogen-bond donors (Lipinski definition) is 2. The number of nitrogens with one attached hydrogen (secondary N) is 1. The molecule has 0 aliphatic carbocycles. The molecule has 0 aliphatic heterocycles. The molecule has 1 aromatic heterocycles. The molecule has 0 radical (unpaired) electrons. The summed E-state index contributed by atoms with van der Waals surface area (Å²) < 4.78 is 5.51. The lowest BCUT2D eigenvalue weighted by molar-refractivity contribution is -0.142. The van der Waals surface area contributed by atoms with Crippen LogP contribution in [-0.2, 0) is 16.0 Å². The minimum absolute atomic E-state index is 0.109. The maximum Gasteiger partial charge on any atom is 0.326 e. The SMILES string of the molecule is Cc1cc2occ(CC(=O)N[C@H](CC(C)C)C(=O)O)c2cc1C. The van der Waals surface area contributed by atoms with E-state index in [1.165, 1.54) is 0 Å². The third-order valence-corrected chi connectivity index (χ3v) is 3.96. The summed E-state index contributed by atoms with van der Waals surface area (Å²) in [5, 5.41) is 12.7. The first-order chi connectivity index (χ1) is 10.8. The van der Waals surface area contributed by atoms with Gasteiger partial charge in [0.1, 0.15) is 11.6 Å². The van der Waals surface area contributed by atoms with Crippen LogP contribution in [0.25, 0.3) is 11.0 Å². The lowest BCUT2D eigenvalue weighted by atomic mass is 10.0. The third kappa shape index (κ3) is 4.12. The quantitative estimate of drug-likeness (QED) is 0.857. The molecule has 0 spiro atoms. The van der Waals surface area contributed by atoms with Crippen molar-refractivity contribution in [3.63, 3.8) is 0 Å². The van der Waals surface area contributed by atoms with E-state index in [1.54, 1.807) is 6.26 Å².